The number of aliphatic hydroxyl groups is 1. The van der Waals surface area contributed by atoms with Gasteiger partial charge in [-0.3, -0.25) is 4.79 Å². The Morgan fingerprint density at radius 2 is 0.786 bits per heavy atom. The Balaban J connectivity index is 0.000000116. The topological polar surface area (TPSA) is 103 Å². The molecule has 1 aromatic rings. The Morgan fingerprint density at radius 3 is 1.03 bits per heavy atom. The first-order valence-electron chi connectivity index (χ1n) is 43.9. The summed E-state index contributed by atoms with van der Waals surface area (Å²) in [7, 11) is 6.00. The van der Waals surface area contributed by atoms with Gasteiger partial charge in [-0.2, -0.15) is 0 Å². The molecule has 6 nitrogen and oxygen atoms in total. The summed E-state index contributed by atoms with van der Waals surface area (Å²) in [5, 5.41) is 22.6. The second-order valence-electron chi connectivity index (χ2n) is 38.3. The van der Waals surface area contributed by atoms with Crippen LogP contribution in [-0.2, 0) is 16.0 Å². The first-order valence-corrected chi connectivity index (χ1v) is 42.9. The molecule has 22 bridgehead atoms. The third-order valence-corrected chi connectivity index (χ3v) is 30.7. The number of nitrogens with zero attached hydrogens (tertiary/aromatic N) is 1. The number of esters is 1. The van der Waals surface area contributed by atoms with Crippen LogP contribution < -0.4 is 0 Å². The summed E-state index contributed by atoms with van der Waals surface area (Å²) in [6.45, 7) is 17.8. The molecule has 0 saturated heterocycles. The van der Waals surface area contributed by atoms with E-state index in [9.17, 15) is 9.90 Å². The van der Waals surface area contributed by atoms with Crippen molar-refractivity contribution in [3.8, 4) is 0 Å². The third kappa shape index (κ3) is 20.5. The molecule has 32 unspecified atom stereocenters. The number of ether oxygens (including phenoxy) is 1. The first-order chi connectivity index (χ1) is 50.8. The number of hydrogen-bond acceptors (Lipinski definition) is 5. The molecule has 1 aromatic carbocycles. The zero-order valence-electron chi connectivity index (χ0n) is 67.6. The first kappa shape index (κ1) is 76.8. The molecule has 32 atom stereocenters. The van der Waals surface area contributed by atoms with Crippen molar-refractivity contribution < 1.29 is 22.6 Å². The Hall–Kier alpha value is -4.42. The minimum atomic E-state index is -0.468. The second kappa shape index (κ2) is 36.7. The van der Waals surface area contributed by atoms with Crippen molar-refractivity contribution in [3.05, 3.63) is 157 Å². The van der Waals surface area contributed by atoms with Crippen molar-refractivity contribution in [1.29, 1.82) is 5.31 Å². The summed E-state index contributed by atoms with van der Waals surface area (Å²) in [6.07, 6.45) is 83.7. The van der Waals surface area contributed by atoms with Crippen LogP contribution in [0.15, 0.2) is 157 Å². The SMILES string of the molecule is C1=CC2CC1C1C3CCC(C3)C21.C1=CC2CC1CC2CCc1ccccc1.C1=CC2CCC1C2.CC(=O)OCC1CC2C=CC1C2.CC(C)(O)C1CC2C=CC1C2.CC1CC2C=CC1C2.CC1CC2C=CC1C2.CC1CC2C=CC1C2.CC1CC2C=CC1C2.CC1CC2C=CC1C2.CN=BO.[2H][3H].[B]=N. The molecule has 3 N–H and O–H groups in total. The van der Waals surface area contributed by atoms with Gasteiger partial charge < -0.3 is 9.84 Å². The molecule has 12 saturated carbocycles. The van der Waals surface area contributed by atoms with Gasteiger partial charge in [0.15, 0.2) is 0 Å². The number of fused-ring (bicyclic) bond motifs is 27. The maximum atomic E-state index is 10.6. The van der Waals surface area contributed by atoms with Gasteiger partial charge in [0.2, 0.25) is 0 Å². The summed E-state index contributed by atoms with van der Waals surface area (Å²) >= 11 is 0. The van der Waals surface area contributed by atoms with Crippen molar-refractivity contribution in [1.82, 2.24) is 0 Å². The Labute approximate surface area is 632 Å². The molecule has 0 spiro atoms. The summed E-state index contributed by atoms with van der Waals surface area (Å²) in [5.41, 5.74) is 1.04. The quantitative estimate of drug-likeness (QED) is 0.114. The summed E-state index contributed by atoms with van der Waals surface area (Å²) < 4.78 is 15.0. The van der Waals surface area contributed by atoms with Crippen LogP contribution in [-0.4, -0.2) is 50.3 Å². The van der Waals surface area contributed by atoms with E-state index in [1.807, 2.05) is 13.8 Å². The Morgan fingerprint density at radius 1 is 0.456 bits per heavy atom. The third-order valence-electron chi connectivity index (χ3n) is 30.7. The molecular formula is C95H141B2N2O4. The fraction of sp³-hybridized carbons (Fsp3) is 0.716. The van der Waals surface area contributed by atoms with E-state index in [1.54, 1.807) is 19.3 Å². The van der Waals surface area contributed by atoms with Gasteiger partial charge in [0.25, 0.3) is 0 Å². The fourth-order valence-corrected chi connectivity index (χ4v) is 25.1. The van der Waals surface area contributed by atoms with Crippen molar-refractivity contribution in [2.45, 2.75) is 222 Å². The molecule has 0 amide bonds. The van der Waals surface area contributed by atoms with Gasteiger partial charge in [0.1, 0.15) is 0 Å². The van der Waals surface area contributed by atoms with Gasteiger partial charge in [-0.15, -0.1) is 0 Å². The van der Waals surface area contributed by atoms with Crippen LogP contribution in [0.4, 0.5) is 0 Å². The number of carbonyl (C=O) groups excluding carboxylic acids is 1. The molecule has 8 heteroatoms. The molecule has 22 aliphatic rings. The van der Waals surface area contributed by atoms with Gasteiger partial charge in [-0.05, 0) is 369 Å². The monoisotopic (exact) mass is 1400 g/mol. The van der Waals surface area contributed by atoms with Crippen molar-refractivity contribution in [3.63, 3.8) is 0 Å². The summed E-state index contributed by atoms with van der Waals surface area (Å²) in [5.74, 6) is 29.9. The zero-order chi connectivity index (χ0) is 74.3. The Kier molecular flexibility index (Phi) is 27.3. The van der Waals surface area contributed by atoms with E-state index in [-0.39, 0.29) is 5.97 Å². The van der Waals surface area contributed by atoms with E-state index in [1.165, 1.54) is 161 Å². The number of carbonyl (C=O) groups is 1. The van der Waals surface area contributed by atoms with E-state index in [4.69, 9.17) is 18.0 Å². The minimum absolute atomic E-state index is 0.151. The van der Waals surface area contributed by atoms with Gasteiger partial charge in [0.05, 0.1) is 12.2 Å². The second-order valence-corrected chi connectivity index (χ2v) is 38.3. The normalized spacial score (nSPS) is 44.3. The number of hydrogen-bond donors (Lipinski definition) is 3. The number of rotatable bonds is 6. The molecule has 0 aliphatic heterocycles. The molecule has 23 rings (SSSR count). The average molecular weight is 1400 g/mol. The number of allylic oxidation sites excluding steroid dienone is 20. The van der Waals surface area contributed by atoms with E-state index in [0.29, 0.717) is 30.3 Å². The molecule has 0 aromatic heterocycles. The average Bonchev–Trinajstić information content (AvgIpc) is 1.56. The molecule has 0 heterocycles. The molecule has 103 heavy (non-hydrogen) atoms. The zero-order valence-corrected chi connectivity index (χ0v) is 65.6. The molecule has 1 radical (unpaired) electrons. The van der Waals surface area contributed by atoms with Gasteiger partial charge >= 0.3 is 43.2 Å². The van der Waals surface area contributed by atoms with Gasteiger partial charge in [-0.25, -0.2) is 0 Å². The summed E-state index contributed by atoms with van der Waals surface area (Å²) in [4.78, 5) is 13.7. The van der Waals surface area contributed by atoms with Crippen LogP contribution in [0.1, 0.15) is 218 Å². The number of benzene rings is 1. The van der Waals surface area contributed by atoms with Gasteiger partial charge in [-0.1, -0.05) is 186 Å². The van der Waals surface area contributed by atoms with Crippen LogP contribution in [0.5, 0.6) is 0 Å². The van der Waals surface area contributed by atoms with E-state index in [2.05, 4.69) is 199 Å². The molecule has 22 aliphatic carbocycles. The van der Waals surface area contributed by atoms with Crippen LogP contribution in [0.2, 0.25) is 0 Å². The van der Waals surface area contributed by atoms with Crippen LogP contribution in [0.3, 0.4) is 0 Å². The molecule has 12 fully saturated rings. The fourth-order valence-electron chi connectivity index (χ4n) is 25.1. The number of aryl methyl sites for hydroxylation is 1. The summed E-state index contributed by atoms with van der Waals surface area (Å²) in [6, 6.07) is 10.9. The number of nitrogens with one attached hydrogen (secondary N) is 1. The maximum absolute atomic E-state index is 10.6. The van der Waals surface area contributed by atoms with Crippen LogP contribution >= 0.6 is 0 Å². The van der Waals surface area contributed by atoms with E-state index in [0.717, 1.165) is 173 Å². The molecule has 561 valence electrons. The van der Waals surface area contributed by atoms with Gasteiger partial charge in [0, 0.05) is 9.89 Å². The standard InChI is InChI=1S/C15H18.C12H16.C10H14O2.C10H16O.5C8H12.C7H10.CH4BNO.BHN.H2/c1-2-4-12(5-3-1)6-8-14-10-13-7-9-15(14)11-13;1-2-8-5-7(1)11-9-3-4-10(6-9)12(8)11;1-7(11)12-6-10-5-8-2-3-9(10)4-8;1-10(2,11)9-6-7-3-4-8(9)5-7;5*1-6-4-7-2-3-8(6)5-7;1-2-7-4-3-6(1)5-7;1-3-2-4;1-2;/h1-5,7,9,13-15H,6,8,10-11H2;1-2,7-12H,3-6H2;2-3,8-10H,4-6H2,1H3;3-4,7-9,11H,5-6H2,1-2H3;5*2-3,6-8H,4-5H2,1H3;1-2,6-7H,3-5H2;4H,1H3;2H;1H/i;;;;;;;;;;;;1+2D. The van der Waals surface area contributed by atoms with E-state index < -0.39 is 5.60 Å². The van der Waals surface area contributed by atoms with Crippen molar-refractivity contribution >= 4 is 20.9 Å². The van der Waals surface area contributed by atoms with E-state index >= 15 is 0 Å². The molecular weight excluding hydrogens is 1250 g/mol. The predicted octanol–water partition coefficient (Wildman–Crippen LogP) is 23.1. The Bertz CT molecular complexity index is 2990. The van der Waals surface area contributed by atoms with Crippen molar-refractivity contribution in [2.75, 3.05) is 13.7 Å². The predicted molar refractivity (Wildman–Crippen MR) is 432 cm³/mol. The van der Waals surface area contributed by atoms with Crippen LogP contribution in [0, 0.1) is 195 Å². The van der Waals surface area contributed by atoms with Crippen molar-refractivity contribution in [2.24, 2.45) is 194 Å². The van der Waals surface area contributed by atoms with Crippen LogP contribution in [0.25, 0.3) is 0 Å².